The Bertz CT molecular complexity index is 134. The Morgan fingerprint density at radius 2 is 1.90 bits per heavy atom. The number of hydrogen-bond donors (Lipinski definition) is 0. The number of rotatable bonds is 4. The van der Waals surface area contributed by atoms with Crippen molar-refractivity contribution in [3.63, 3.8) is 0 Å². The summed E-state index contributed by atoms with van der Waals surface area (Å²) in [5.41, 5.74) is 0.988. The second-order valence-electron chi connectivity index (χ2n) is 2.54. The third kappa shape index (κ3) is 2.72. The second kappa shape index (κ2) is 4.15. The summed E-state index contributed by atoms with van der Waals surface area (Å²) in [4.78, 5) is 0. The van der Waals surface area contributed by atoms with Crippen molar-refractivity contribution in [1.29, 1.82) is 0 Å². The van der Waals surface area contributed by atoms with Crippen LogP contribution < -0.4 is 0 Å². The summed E-state index contributed by atoms with van der Waals surface area (Å²) < 4.78 is 5.17. The van der Waals surface area contributed by atoms with E-state index in [9.17, 15) is 0 Å². The summed E-state index contributed by atoms with van der Waals surface area (Å²) in [5.74, 6) is 1.15. The van der Waals surface area contributed by atoms with Gasteiger partial charge >= 0.3 is 0 Å². The lowest BCUT2D eigenvalue weighted by Crippen LogP contribution is -1.99. The van der Waals surface area contributed by atoms with E-state index in [2.05, 4.69) is 27.0 Å². The van der Waals surface area contributed by atoms with E-state index >= 15 is 0 Å². The van der Waals surface area contributed by atoms with Gasteiger partial charge in [-0.25, -0.2) is 0 Å². The van der Waals surface area contributed by atoms with Crippen LogP contribution in [0.3, 0.4) is 0 Å². The first-order valence-corrected chi connectivity index (χ1v) is 3.60. The minimum atomic E-state index is 0.430. The minimum Gasteiger partial charge on any atom is -0.494 e. The van der Waals surface area contributed by atoms with Crippen molar-refractivity contribution in [2.24, 2.45) is 5.92 Å². The highest BCUT2D eigenvalue weighted by atomic mass is 16.5. The van der Waals surface area contributed by atoms with Gasteiger partial charge in [0.25, 0.3) is 0 Å². The smallest absolute Gasteiger partial charge is 0.114 e. The molecule has 0 N–H and O–H groups in total. The van der Waals surface area contributed by atoms with Gasteiger partial charge in [0, 0.05) is 0 Å². The first-order valence-electron chi connectivity index (χ1n) is 3.60. The van der Waals surface area contributed by atoms with Crippen LogP contribution in [0.2, 0.25) is 0 Å². The van der Waals surface area contributed by atoms with Gasteiger partial charge in [0.1, 0.15) is 5.76 Å². The fourth-order valence-electron chi connectivity index (χ4n) is 0.589. The zero-order valence-electron chi connectivity index (χ0n) is 7.11. The number of allylic oxidation sites excluding steroid dienone is 1. The molecule has 0 aliphatic rings. The summed E-state index contributed by atoms with van der Waals surface area (Å²) >= 11 is 0. The van der Waals surface area contributed by atoms with E-state index in [-0.39, 0.29) is 0 Å². The molecule has 0 aromatic carbocycles. The highest BCUT2D eigenvalue weighted by Gasteiger charge is 2.03. The number of ether oxygens (including phenoxy) is 1. The SMILES string of the molecule is C=C(OCC)C(=C)C(C)C. The molecule has 0 saturated heterocycles. The largest absolute Gasteiger partial charge is 0.494 e. The van der Waals surface area contributed by atoms with E-state index in [1.807, 2.05) is 6.92 Å². The maximum atomic E-state index is 5.17. The Labute approximate surface area is 63.4 Å². The van der Waals surface area contributed by atoms with E-state index < -0.39 is 0 Å². The van der Waals surface area contributed by atoms with Crippen LogP contribution in [0.4, 0.5) is 0 Å². The van der Waals surface area contributed by atoms with E-state index in [1.165, 1.54) is 0 Å². The molecule has 0 aliphatic heterocycles. The molecule has 0 aromatic rings. The van der Waals surface area contributed by atoms with E-state index in [0.717, 1.165) is 11.3 Å². The molecule has 0 spiro atoms. The van der Waals surface area contributed by atoms with Crippen molar-refractivity contribution < 1.29 is 4.74 Å². The molecule has 0 fully saturated rings. The molecule has 10 heavy (non-hydrogen) atoms. The molecule has 1 nitrogen and oxygen atoms in total. The van der Waals surface area contributed by atoms with Gasteiger partial charge in [-0.2, -0.15) is 0 Å². The van der Waals surface area contributed by atoms with Crippen molar-refractivity contribution in [2.75, 3.05) is 6.61 Å². The summed E-state index contributed by atoms with van der Waals surface area (Å²) in [6.07, 6.45) is 0. The molecule has 0 aromatic heterocycles. The molecule has 0 aliphatic carbocycles. The lowest BCUT2D eigenvalue weighted by molar-refractivity contribution is 0.235. The van der Waals surface area contributed by atoms with Gasteiger partial charge in [-0.1, -0.05) is 27.0 Å². The molecule has 1 heteroatoms. The van der Waals surface area contributed by atoms with Crippen molar-refractivity contribution in [3.05, 3.63) is 24.5 Å². The van der Waals surface area contributed by atoms with Gasteiger partial charge < -0.3 is 4.74 Å². The van der Waals surface area contributed by atoms with Gasteiger partial charge in [-0.15, -0.1) is 0 Å². The molecule has 0 heterocycles. The van der Waals surface area contributed by atoms with Crippen LogP contribution in [0.15, 0.2) is 24.5 Å². The Morgan fingerprint density at radius 3 is 2.20 bits per heavy atom. The zero-order valence-corrected chi connectivity index (χ0v) is 7.11. The van der Waals surface area contributed by atoms with Crippen LogP contribution in [-0.4, -0.2) is 6.61 Å². The van der Waals surface area contributed by atoms with Crippen LogP contribution in [0, 0.1) is 5.92 Å². The van der Waals surface area contributed by atoms with Gasteiger partial charge in [-0.05, 0) is 18.4 Å². The Balaban J connectivity index is 3.83. The summed E-state index contributed by atoms with van der Waals surface area (Å²) in [5, 5.41) is 0. The van der Waals surface area contributed by atoms with Crippen LogP contribution in [0.25, 0.3) is 0 Å². The first kappa shape index (κ1) is 9.28. The van der Waals surface area contributed by atoms with Crippen molar-refractivity contribution in [3.8, 4) is 0 Å². The zero-order chi connectivity index (χ0) is 8.15. The third-order valence-corrected chi connectivity index (χ3v) is 1.37. The van der Waals surface area contributed by atoms with Gasteiger partial charge in [-0.3, -0.25) is 0 Å². The normalized spacial score (nSPS) is 9.60. The van der Waals surface area contributed by atoms with Crippen LogP contribution >= 0.6 is 0 Å². The van der Waals surface area contributed by atoms with Gasteiger partial charge in [0.15, 0.2) is 0 Å². The van der Waals surface area contributed by atoms with Crippen molar-refractivity contribution in [2.45, 2.75) is 20.8 Å². The Morgan fingerprint density at radius 1 is 1.40 bits per heavy atom. The lowest BCUT2D eigenvalue weighted by atomic mass is 10.0. The standard InChI is InChI=1S/C9H16O/c1-6-10-9(5)8(4)7(2)3/h7H,4-6H2,1-3H3. The molecular weight excluding hydrogens is 124 g/mol. The number of hydrogen-bond acceptors (Lipinski definition) is 1. The van der Waals surface area contributed by atoms with Gasteiger partial charge in [0.2, 0.25) is 0 Å². The monoisotopic (exact) mass is 140 g/mol. The first-order chi connectivity index (χ1) is 4.59. The summed E-state index contributed by atoms with van der Waals surface area (Å²) in [7, 11) is 0. The van der Waals surface area contributed by atoms with E-state index in [0.29, 0.717) is 12.5 Å². The Kier molecular flexibility index (Phi) is 3.85. The topological polar surface area (TPSA) is 9.23 Å². The maximum Gasteiger partial charge on any atom is 0.114 e. The van der Waals surface area contributed by atoms with Crippen LogP contribution in [-0.2, 0) is 4.74 Å². The molecule has 58 valence electrons. The minimum absolute atomic E-state index is 0.430. The van der Waals surface area contributed by atoms with Crippen LogP contribution in [0.1, 0.15) is 20.8 Å². The Hall–Kier alpha value is -0.720. The molecular formula is C9H16O. The summed E-state index contributed by atoms with van der Waals surface area (Å²) in [6.45, 7) is 14.4. The maximum absolute atomic E-state index is 5.17. The average Bonchev–Trinajstić information content (AvgIpc) is 1.87. The van der Waals surface area contributed by atoms with E-state index in [1.54, 1.807) is 0 Å². The molecule has 0 amide bonds. The highest BCUT2D eigenvalue weighted by molar-refractivity contribution is 5.20. The highest BCUT2D eigenvalue weighted by Crippen LogP contribution is 2.15. The average molecular weight is 140 g/mol. The molecule has 0 rings (SSSR count). The fourth-order valence-corrected chi connectivity index (χ4v) is 0.589. The molecule has 0 bridgehead atoms. The molecule has 0 unspecified atom stereocenters. The van der Waals surface area contributed by atoms with E-state index in [4.69, 9.17) is 4.74 Å². The predicted molar refractivity (Wildman–Crippen MR) is 44.7 cm³/mol. The lowest BCUT2D eigenvalue weighted by Gasteiger charge is -2.12. The van der Waals surface area contributed by atoms with Crippen molar-refractivity contribution in [1.82, 2.24) is 0 Å². The molecule has 0 atom stereocenters. The van der Waals surface area contributed by atoms with Gasteiger partial charge in [0.05, 0.1) is 6.61 Å². The third-order valence-electron chi connectivity index (χ3n) is 1.37. The van der Waals surface area contributed by atoms with Crippen LogP contribution in [0.5, 0.6) is 0 Å². The van der Waals surface area contributed by atoms with Crippen molar-refractivity contribution >= 4 is 0 Å². The predicted octanol–water partition coefficient (Wildman–Crippen LogP) is 2.75. The molecule has 0 saturated carbocycles. The quantitative estimate of drug-likeness (QED) is 0.431. The second-order valence-corrected chi connectivity index (χ2v) is 2.54. The summed E-state index contributed by atoms with van der Waals surface area (Å²) in [6, 6.07) is 0. The molecule has 0 radical (unpaired) electrons. The fraction of sp³-hybridized carbons (Fsp3) is 0.556.